The van der Waals surface area contributed by atoms with Gasteiger partial charge in [-0.2, -0.15) is 0 Å². The van der Waals surface area contributed by atoms with E-state index in [4.69, 9.17) is 4.74 Å². The van der Waals surface area contributed by atoms with Crippen molar-refractivity contribution in [2.24, 2.45) is 5.92 Å². The molecular formula is C21H35N3O4S. The predicted octanol–water partition coefficient (Wildman–Crippen LogP) is 2.48. The number of methoxy groups -OCH3 is 1. The number of hydrogen-bond acceptors (Lipinski definition) is 5. The van der Waals surface area contributed by atoms with E-state index < -0.39 is 10.0 Å². The van der Waals surface area contributed by atoms with Gasteiger partial charge in [-0.3, -0.25) is 9.10 Å². The number of likely N-dealkylation sites (tertiary alicyclic amines) is 1. The van der Waals surface area contributed by atoms with Crippen LogP contribution in [0.1, 0.15) is 39.0 Å². The number of sulfonamides is 1. The Bertz CT molecular complexity index is 754. The summed E-state index contributed by atoms with van der Waals surface area (Å²) in [6, 6.07) is 7.00. The van der Waals surface area contributed by atoms with Gasteiger partial charge in [0.25, 0.3) is 0 Å². The Morgan fingerprint density at radius 3 is 2.76 bits per heavy atom. The molecule has 1 aromatic rings. The number of ether oxygens (including phenoxy) is 1. The molecule has 0 bridgehead atoms. The predicted molar refractivity (Wildman–Crippen MR) is 117 cm³/mol. The lowest BCUT2D eigenvalue weighted by Crippen LogP contribution is -2.36. The van der Waals surface area contributed by atoms with Crippen molar-refractivity contribution in [3.05, 3.63) is 24.3 Å². The van der Waals surface area contributed by atoms with E-state index in [0.717, 1.165) is 32.0 Å². The molecule has 7 nitrogen and oxygen atoms in total. The van der Waals surface area contributed by atoms with Gasteiger partial charge < -0.3 is 15.0 Å². The Kier molecular flexibility index (Phi) is 9.23. The minimum Gasteiger partial charge on any atom is -0.495 e. The number of amides is 1. The highest BCUT2D eigenvalue weighted by Gasteiger charge is 2.21. The van der Waals surface area contributed by atoms with Gasteiger partial charge in [-0.25, -0.2) is 8.42 Å². The molecule has 0 aliphatic carbocycles. The largest absolute Gasteiger partial charge is 0.495 e. The molecule has 0 aromatic heterocycles. The number of nitrogens with one attached hydrogen (secondary N) is 1. The highest BCUT2D eigenvalue weighted by molar-refractivity contribution is 7.92. The monoisotopic (exact) mass is 425 g/mol. The third-order valence-corrected chi connectivity index (χ3v) is 6.41. The van der Waals surface area contributed by atoms with Crippen LogP contribution in [0.25, 0.3) is 0 Å². The van der Waals surface area contributed by atoms with E-state index >= 15 is 0 Å². The normalized spacial score (nSPS) is 17.7. The molecule has 1 amide bonds. The van der Waals surface area contributed by atoms with Gasteiger partial charge in [0.15, 0.2) is 0 Å². The first-order chi connectivity index (χ1) is 13.8. The Morgan fingerprint density at radius 2 is 2.07 bits per heavy atom. The van der Waals surface area contributed by atoms with Crippen molar-refractivity contribution >= 4 is 21.6 Å². The summed E-state index contributed by atoms with van der Waals surface area (Å²) < 4.78 is 31.0. The summed E-state index contributed by atoms with van der Waals surface area (Å²) in [4.78, 5) is 14.6. The molecule has 1 aromatic carbocycles. The topological polar surface area (TPSA) is 79.0 Å². The Labute approximate surface area is 175 Å². The fourth-order valence-corrected chi connectivity index (χ4v) is 4.76. The van der Waals surface area contributed by atoms with Crippen LogP contribution in [-0.4, -0.2) is 65.3 Å². The van der Waals surface area contributed by atoms with Crippen molar-refractivity contribution in [1.29, 1.82) is 0 Å². The summed E-state index contributed by atoms with van der Waals surface area (Å²) >= 11 is 0. The second-order valence-electron chi connectivity index (χ2n) is 7.86. The molecule has 1 heterocycles. The van der Waals surface area contributed by atoms with Crippen molar-refractivity contribution in [3.63, 3.8) is 0 Å². The van der Waals surface area contributed by atoms with E-state index in [2.05, 4.69) is 17.1 Å². The van der Waals surface area contributed by atoms with E-state index in [1.807, 2.05) is 0 Å². The molecule has 0 saturated carbocycles. The summed E-state index contributed by atoms with van der Waals surface area (Å²) in [5.74, 6) is 1.22. The minimum atomic E-state index is -3.47. The van der Waals surface area contributed by atoms with Crippen LogP contribution in [0.4, 0.5) is 5.69 Å². The Morgan fingerprint density at radius 1 is 1.31 bits per heavy atom. The number of carbonyl (C=O) groups is 1. The lowest BCUT2D eigenvalue weighted by molar-refractivity contribution is -0.121. The summed E-state index contributed by atoms with van der Waals surface area (Å²) in [7, 11) is -1.96. The third kappa shape index (κ3) is 7.85. The maximum atomic E-state index is 12.2. The molecule has 1 aliphatic heterocycles. The molecular weight excluding hydrogens is 390 g/mol. The van der Waals surface area contributed by atoms with E-state index in [0.29, 0.717) is 30.8 Å². The van der Waals surface area contributed by atoms with Crippen LogP contribution in [0.5, 0.6) is 5.75 Å². The number of piperidine rings is 1. The molecule has 164 valence electrons. The summed E-state index contributed by atoms with van der Waals surface area (Å²) in [6.45, 7) is 6.50. The second kappa shape index (κ2) is 11.4. The van der Waals surface area contributed by atoms with E-state index in [9.17, 15) is 13.2 Å². The molecule has 1 fully saturated rings. The van der Waals surface area contributed by atoms with Crippen molar-refractivity contribution < 1.29 is 17.9 Å². The highest BCUT2D eigenvalue weighted by atomic mass is 32.2. The average molecular weight is 426 g/mol. The lowest BCUT2D eigenvalue weighted by Gasteiger charge is -2.30. The lowest BCUT2D eigenvalue weighted by atomic mass is 10.0. The van der Waals surface area contributed by atoms with Crippen molar-refractivity contribution in [3.8, 4) is 5.75 Å². The highest BCUT2D eigenvalue weighted by Crippen LogP contribution is 2.29. The van der Waals surface area contributed by atoms with E-state index in [1.165, 1.54) is 30.5 Å². The van der Waals surface area contributed by atoms with Crippen LogP contribution >= 0.6 is 0 Å². The van der Waals surface area contributed by atoms with Crippen molar-refractivity contribution in [2.45, 2.75) is 39.0 Å². The van der Waals surface area contributed by atoms with Gasteiger partial charge in [-0.15, -0.1) is 0 Å². The van der Waals surface area contributed by atoms with Crippen molar-refractivity contribution in [2.75, 3.05) is 50.4 Å². The Hall–Kier alpha value is -1.80. The van der Waals surface area contributed by atoms with Crippen LogP contribution in [0, 0.1) is 5.92 Å². The number of carbonyl (C=O) groups excluding carboxylic acids is 1. The van der Waals surface area contributed by atoms with Gasteiger partial charge >= 0.3 is 0 Å². The summed E-state index contributed by atoms with van der Waals surface area (Å²) in [6.07, 6.45) is 5.42. The molecule has 0 spiro atoms. The van der Waals surface area contributed by atoms with E-state index in [-0.39, 0.29) is 12.5 Å². The van der Waals surface area contributed by atoms with Crippen LogP contribution in [0.2, 0.25) is 0 Å². The average Bonchev–Trinajstić information content (AvgIpc) is 2.68. The molecule has 0 unspecified atom stereocenters. The van der Waals surface area contributed by atoms with Gasteiger partial charge in [-0.1, -0.05) is 19.1 Å². The zero-order valence-electron chi connectivity index (χ0n) is 17.9. The quantitative estimate of drug-likeness (QED) is 0.551. The Balaban J connectivity index is 1.74. The molecule has 2 rings (SSSR count). The summed E-state index contributed by atoms with van der Waals surface area (Å²) in [5, 5.41) is 2.95. The van der Waals surface area contributed by atoms with Gasteiger partial charge in [0.05, 0.1) is 19.1 Å². The number of hydrogen-bond donors (Lipinski definition) is 1. The van der Waals surface area contributed by atoms with Crippen molar-refractivity contribution in [1.82, 2.24) is 10.2 Å². The number of para-hydroxylation sites is 2. The number of nitrogens with zero attached hydrogens (tertiary/aromatic N) is 2. The SMILES string of the molecule is COc1ccccc1N(CCCC(=O)NCCCN1CCC[C@@H](C)C1)S(C)(=O)=O. The smallest absolute Gasteiger partial charge is 0.232 e. The standard InChI is InChI=1S/C21H35N3O4S/c1-18-9-6-14-23(17-18)15-8-13-22-21(25)12-7-16-24(29(3,26)27)19-10-4-5-11-20(19)28-2/h4-5,10-11,18H,6-9,12-17H2,1-3H3,(H,22,25)/t18-/m1/s1. The summed E-state index contributed by atoms with van der Waals surface area (Å²) in [5.41, 5.74) is 0.494. The fourth-order valence-electron chi connectivity index (χ4n) is 3.79. The molecule has 1 saturated heterocycles. The molecule has 1 aliphatic rings. The number of anilines is 1. The first kappa shape index (κ1) is 23.5. The molecule has 8 heteroatoms. The first-order valence-corrected chi connectivity index (χ1v) is 12.3. The van der Waals surface area contributed by atoms with Crippen LogP contribution in [-0.2, 0) is 14.8 Å². The molecule has 1 N–H and O–H groups in total. The van der Waals surface area contributed by atoms with Crippen LogP contribution < -0.4 is 14.4 Å². The molecule has 0 radical (unpaired) electrons. The zero-order valence-corrected chi connectivity index (χ0v) is 18.7. The van der Waals surface area contributed by atoms with E-state index in [1.54, 1.807) is 24.3 Å². The van der Waals surface area contributed by atoms with Gasteiger partial charge in [0.2, 0.25) is 15.9 Å². The maximum Gasteiger partial charge on any atom is 0.232 e. The minimum absolute atomic E-state index is 0.0366. The van der Waals surface area contributed by atoms with Crippen LogP contribution in [0.15, 0.2) is 24.3 Å². The fraction of sp³-hybridized carbons (Fsp3) is 0.667. The van der Waals surface area contributed by atoms with Gasteiger partial charge in [0.1, 0.15) is 5.75 Å². The van der Waals surface area contributed by atoms with Gasteiger partial charge in [0, 0.05) is 26.1 Å². The molecule has 1 atom stereocenters. The van der Waals surface area contributed by atoms with Crippen LogP contribution in [0.3, 0.4) is 0 Å². The van der Waals surface area contributed by atoms with Gasteiger partial charge in [-0.05, 0) is 56.8 Å². The maximum absolute atomic E-state index is 12.2. The number of rotatable bonds is 11. The second-order valence-corrected chi connectivity index (χ2v) is 9.77. The number of benzene rings is 1. The third-order valence-electron chi connectivity index (χ3n) is 5.23. The zero-order chi connectivity index (χ0) is 21.3. The molecule has 29 heavy (non-hydrogen) atoms. The first-order valence-electron chi connectivity index (χ1n) is 10.4.